The van der Waals surface area contributed by atoms with Crippen LogP contribution < -0.4 is 0 Å². The number of aliphatic hydroxyl groups excluding tert-OH is 1. The summed E-state index contributed by atoms with van der Waals surface area (Å²) in [4.78, 5) is 11.2. The Morgan fingerprint density at radius 3 is 2.27 bits per heavy atom. The van der Waals surface area contributed by atoms with Crippen LogP contribution in [0, 0.1) is 5.92 Å². The van der Waals surface area contributed by atoms with Gasteiger partial charge < -0.3 is 9.84 Å². The predicted molar refractivity (Wildman–Crippen MR) is 60.2 cm³/mol. The lowest BCUT2D eigenvalue weighted by Crippen LogP contribution is -2.19. The minimum atomic E-state index is -0.974. The Labute approximate surface area is 92.1 Å². The van der Waals surface area contributed by atoms with Gasteiger partial charge in [0.25, 0.3) is 0 Å². The second kappa shape index (κ2) is 7.46. The lowest BCUT2D eigenvalue weighted by molar-refractivity contribution is -0.164. The van der Waals surface area contributed by atoms with Gasteiger partial charge in [0, 0.05) is 12.5 Å². The summed E-state index contributed by atoms with van der Waals surface area (Å²) in [5.74, 6) is -0.0482. The standard InChI is InChI=1S/C12H22O3/c1-5-10(6-2)8-12(14)15-11(13)7-9(3)4/h7,10,12,14H,5-6,8H2,1-4H3. The Morgan fingerprint density at radius 2 is 1.87 bits per heavy atom. The molecule has 0 aromatic carbocycles. The van der Waals surface area contributed by atoms with Gasteiger partial charge in [0.2, 0.25) is 6.29 Å². The van der Waals surface area contributed by atoms with E-state index in [1.54, 1.807) is 0 Å². The highest BCUT2D eigenvalue weighted by atomic mass is 16.6. The molecule has 3 nitrogen and oxygen atoms in total. The van der Waals surface area contributed by atoms with Gasteiger partial charge in [-0.05, 0) is 19.8 Å². The van der Waals surface area contributed by atoms with Crippen LogP contribution >= 0.6 is 0 Å². The summed E-state index contributed by atoms with van der Waals surface area (Å²) >= 11 is 0. The van der Waals surface area contributed by atoms with Crippen LogP contribution in [0.2, 0.25) is 0 Å². The highest BCUT2D eigenvalue weighted by Gasteiger charge is 2.14. The van der Waals surface area contributed by atoms with Crippen molar-refractivity contribution >= 4 is 5.97 Å². The summed E-state index contributed by atoms with van der Waals surface area (Å²) in [6, 6.07) is 0. The topological polar surface area (TPSA) is 46.5 Å². The molecule has 3 heteroatoms. The molecule has 0 saturated heterocycles. The first kappa shape index (κ1) is 14.2. The molecule has 0 aromatic rings. The maximum atomic E-state index is 11.2. The molecule has 0 fully saturated rings. The van der Waals surface area contributed by atoms with Crippen LogP contribution in [0.4, 0.5) is 0 Å². The van der Waals surface area contributed by atoms with Crippen LogP contribution in [0.5, 0.6) is 0 Å². The molecule has 0 aliphatic heterocycles. The average molecular weight is 214 g/mol. The number of esters is 1. The Balaban J connectivity index is 3.97. The van der Waals surface area contributed by atoms with Crippen LogP contribution in [0.15, 0.2) is 11.6 Å². The quantitative estimate of drug-likeness (QED) is 0.420. The summed E-state index contributed by atoms with van der Waals surface area (Å²) in [5, 5.41) is 9.49. The molecule has 0 amide bonds. The normalized spacial score (nSPS) is 12.4. The van der Waals surface area contributed by atoms with Crippen molar-refractivity contribution < 1.29 is 14.6 Å². The van der Waals surface area contributed by atoms with Crippen molar-refractivity contribution in [2.24, 2.45) is 5.92 Å². The number of hydrogen-bond donors (Lipinski definition) is 1. The fourth-order valence-electron chi connectivity index (χ4n) is 1.36. The molecular weight excluding hydrogens is 192 g/mol. The van der Waals surface area contributed by atoms with Gasteiger partial charge in [-0.2, -0.15) is 0 Å². The predicted octanol–water partition coefficient (Wildman–Crippen LogP) is 2.64. The monoisotopic (exact) mass is 214 g/mol. The molecule has 0 rings (SSSR count). The third kappa shape index (κ3) is 7.14. The first-order valence-corrected chi connectivity index (χ1v) is 5.53. The van der Waals surface area contributed by atoms with Gasteiger partial charge in [-0.3, -0.25) is 0 Å². The Kier molecular flexibility index (Phi) is 7.05. The van der Waals surface area contributed by atoms with E-state index in [1.165, 1.54) is 6.08 Å². The molecular formula is C12H22O3. The first-order chi connectivity index (χ1) is 6.99. The number of hydrogen-bond acceptors (Lipinski definition) is 3. The van der Waals surface area contributed by atoms with E-state index in [0.29, 0.717) is 12.3 Å². The molecule has 15 heavy (non-hydrogen) atoms. The van der Waals surface area contributed by atoms with E-state index in [4.69, 9.17) is 4.74 Å². The molecule has 0 bridgehead atoms. The fraction of sp³-hybridized carbons (Fsp3) is 0.750. The highest BCUT2D eigenvalue weighted by Crippen LogP contribution is 2.15. The number of allylic oxidation sites excluding steroid dienone is 1. The number of ether oxygens (including phenoxy) is 1. The lowest BCUT2D eigenvalue weighted by atomic mass is 9.99. The second-order valence-electron chi connectivity index (χ2n) is 4.03. The Bertz CT molecular complexity index is 213. The first-order valence-electron chi connectivity index (χ1n) is 5.53. The highest BCUT2D eigenvalue weighted by molar-refractivity contribution is 5.82. The maximum absolute atomic E-state index is 11.2. The van der Waals surface area contributed by atoms with Crippen molar-refractivity contribution in [1.29, 1.82) is 0 Å². The van der Waals surface area contributed by atoms with E-state index in [-0.39, 0.29) is 0 Å². The Morgan fingerprint density at radius 1 is 1.33 bits per heavy atom. The Hall–Kier alpha value is -0.830. The summed E-state index contributed by atoms with van der Waals surface area (Å²) in [7, 11) is 0. The molecule has 0 aromatic heterocycles. The summed E-state index contributed by atoms with van der Waals surface area (Å²) in [5.41, 5.74) is 0.870. The van der Waals surface area contributed by atoms with Gasteiger partial charge in [0.1, 0.15) is 0 Å². The van der Waals surface area contributed by atoms with Crippen molar-refractivity contribution in [3.63, 3.8) is 0 Å². The van der Waals surface area contributed by atoms with Gasteiger partial charge in [-0.25, -0.2) is 4.79 Å². The smallest absolute Gasteiger partial charge is 0.332 e. The SMILES string of the molecule is CCC(CC)CC(O)OC(=O)C=C(C)C. The van der Waals surface area contributed by atoms with E-state index in [1.807, 2.05) is 13.8 Å². The summed E-state index contributed by atoms with van der Waals surface area (Å²) in [6.45, 7) is 7.76. The number of carbonyl (C=O) groups is 1. The molecule has 0 saturated carbocycles. The van der Waals surface area contributed by atoms with Crippen LogP contribution in [-0.2, 0) is 9.53 Å². The van der Waals surface area contributed by atoms with Crippen molar-refractivity contribution in [2.45, 2.75) is 53.2 Å². The zero-order valence-corrected chi connectivity index (χ0v) is 10.1. The van der Waals surface area contributed by atoms with E-state index in [2.05, 4.69) is 13.8 Å². The van der Waals surface area contributed by atoms with Crippen molar-refractivity contribution in [2.75, 3.05) is 0 Å². The minimum Gasteiger partial charge on any atom is -0.433 e. The van der Waals surface area contributed by atoms with E-state index >= 15 is 0 Å². The largest absolute Gasteiger partial charge is 0.433 e. The molecule has 1 unspecified atom stereocenters. The van der Waals surface area contributed by atoms with E-state index in [0.717, 1.165) is 18.4 Å². The van der Waals surface area contributed by atoms with Gasteiger partial charge in [0.15, 0.2) is 0 Å². The van der Waals surface area contributed by atoms with Crippen LogP contribution in [0.25, 0.3) is 0 Å². The molecule has 0 spiro atoms. The summed E-state index contributed by atoms with van der Waals surface area (Å²) in [6.07, 6.45) is 2.92. The average Bonchev–Trinajstić information content (AvgIpc) is 2.12. The molecule has 0 radical (unpaired) electrons. The zero-order chi connectivity index (χ0) is 11.8. The van der Waals surface area contributed by atoms with Gasteiger partial charge in [-0.15, -0.1) is 0 Å². The van der Waals surface area contributed by atoms with Crippen molar-refractivity contribution in [1.82, 2.24) is 0 Å². The fourth-order valence-corrected chi connectivity index (χ4v) is 1.36. The second-order valence-corrected chi connectivity index (χ2v) is 4.03. The number of aliphatic hydroxyl groups is 1. The van der Waals surface area contributed by atoms with Crippen molar-refractivity contribution in [3.8, 4) is 0 Å². The minimum absolute atomic E-state index is 0.416. The molecule has 1 N–H and O–H groups in total. The van der Waals surface area contributed by atoms with Gasteiger partial charge in [-0.1, -0.05) is 32.3 Å². The van der Waals surface area contributed by atoms with Gasteiger partial charge in [0.05, 0.1) is 0 Å². The third-order valence-electron chi connectivity index (χ3n) is 2.35. The van der Waals surface area contributed by atoms with Gasteiger partial charge >= 0.3 is 5.97 Å². The third-order valence-corrected chi connectivity index (χ3v) is 2.35. The van der Waals surface area contributed by atoms with Crippen LogP contribution in [0.3, 0.4) is 0 Å². The van der Waals surface area contributed by atoms with E-state index in [9.17, 15) is 9.90 Å². The molecule has 0 heterocycles. The zero-order valence-electron chi connectivity index (χ0n) is 10.1. The molecule has 0 aliphatic rings. The number of rotatable bonds is 6. The van der Waals surface area contributed by atoms with E-state index < -0.39 is 12.3 Å². The maximum Gasteiger partial charge on any atom is 0.332 e. The van der Waals surface area contributed by atoms with Crippen LogP contribution in [-0.4, -0.2) is 17.4 Å². The van der Waals surface area contributed by atoms with Crippen LogP contribution in [0.1, 0.15) is 47.0 Å². The van der Waals surface area contributed by atoms with Crippen molar-refractivity contribution in [3.05, 3.63) is 11.6 Å². The summed E-state index contributed by atoms with van der Waals surface area (Å²) < 4.78 is 4.84. The molecule has 0 aliphatic carbocycles. The lowest BCUT2D eigenvalue weighted by Gasteiger charge is -2.16. The number of carbonyl (C=O) groups excluding carboxylic acids is 1. The molecule has 88 valence electrons. The molecule has 1 atom stereocenters.